The van der Waals surface area contributed by atoms with Crippen molar-refractivity contribution in [3.63, 3.8) is 0 Å². The molecule has 2 fully saturated rings. The molecule has 14 nitrogen and oxygen atoms in total. The Kier molecular flexibility index (Phi) is 10.7. The number of amides is 1. The van der Waals surface area contributed by atoms with E-state index >= 15 is 0 Å². The van der Waals surface area contributed by atoms with E-state index in [4.69, 9.17) is 14.2 Å². The van der Waals surface area contributed by atoms with Crippen LogP contribution in [0.25, 0.3) is 22.3 Å². The number of benzene rings is 1. The maximum absolute atomic E-state index is 13.7. The van der Waals surface area contributed by atoms with E-state index in [9.17, 15) is 13.2 Å². The molecule has 0 unspecified atom stereocenters. The third-order valence-electron chi connectivity index (χ3n) is 8.80. The average molecular weight is 737 g/mol. The lowest BCUT2D eigenvalue weighted by molar-refractivity contribution is 0.0240. The second kappa shape index (κ2) is 14.9. The smallest absolute Gasteiger partial charge is 0.410 e. The molecule has 2 saturated heterocycles. The maximum atomic E-state index is 13.7. The number of carbonyl (C=O) groups excluding carboxylic acids is 1. The first-order valence-corrected chi connectivity index (χ1v) is 22.5. The molecule has 16 heteroatoms. The van der Waals surface area contributed by atoms with Gasteiger partial charge in [-0.25, -0.2) is 33.1 Å². The number of anilines is 2. The van der Waals surface area contributed by atoms with Crippen LogP contribution >= 0.6 is 0 Å². The Bertz CT molecular complexity index is 1930. The number of carbonyl (C=O) groups is 1. The fourth-order valence-corrected chi connectivity index (χ4v) is 7.86. The number of aromatic nitrogens is 5. The van der Waals surface area contributed by atoms with Crippen molar-refractivity contribution >= 4 is 46.8 Å². The number of sulfone groups is 1. The highest BCUT2D eigenvalue weighted by molar-refractivity contribution is 7.91. The van der Waals surface area contributed by atoms with Gasteiger partial charge in [0.2, 0.25) is 15.8 Å². The van der Waals surface area contributed by atoms with Gasteiger partial charge in [-0.3, -0.25) is 0 Å². The molecule has 1 aromatic carbocycles. The molecule has 2 aliphatic rings. The van der Waals surface area contributed by atoms with E-state index in [0.717, 1.165) is 47.2 Å². The topological polar surface area (TPSA) is 145 Å². The minimum Gasteiger partial charge on any atom is -0.444 e. The number of hydrogen-bond donors (Lipinski definition) is 0. The monoisotopic (exact) mass is 736 g/mol. The molecule has 51 heavy (non-hydrogen) atoms. The van der Waals surface area contributed by atoms with E-state index in [-0.39, 0.29) is 15.9 Å². The lowest BCUT2D eigenvalue weighted by atomic mass is 10.1. The van der Waals surface area contributed by atoms with Gasteiger partial charge in [0.15, 0.2) is 0 Å². The lowest BCUT2D eigenvalue weighted by Gasteiger charge is -2.35. The minimum atomic E-state index is -3.89. The number of piperazine rings is 1. The van der Waals surface area contributed by atoms with Crippen LogP contribution in [0.5, 0.6) is 0 Å². The Morgan fingerprint density at radius 3 is 2.18 bits per heavy atom. The number of nitrogens with zero attached hydrogens (tertiary/aromatic N) is 8. The summed E-state index contributed by atoms with van der Waals surface area (Å²) in [7, 11) is -5.18. The van der Waals surface area contributed by atoms with Gasteiger partial charge in [0.25, 0.3) is 0 Å². The van der Waals surface area contributed by atoms with Crippen LogP contribution in [0, 0.1) is 0 Å². The molecule has 0 spiro atoms. The standard InChI is InChI=1S/C35H48N8O6SSi/c1-35(2,3)49-34(44)42-13-11-41(12-14-42)33-36-22-28(23-37-33)50(45,46)27-9-7-26(8-10-27)30-21-29-31(40-15-17-47-18-16-40)38-24-39-32(29)43(30)25-48-19-20-51(4,5)6/h7-10,21-24H,11-20,25H2,1-6H3. The SMILES string of the molecule is CC(C)(C)OC(=O)N1CCN(c2ncc(S(=O)(=O)c3ccc(-c4cc5c(N6CCOCC6)ncnc5n4COCC[Si](C)(C)C)cc3)cn2)CC1. The van der Waals surface area contributed by atoms with Gasteiger partial charge in [0, 0.05) is 53.9 Å². The molecule has 0 saturated carbocycles. The zero-order valence-electron chi connectivity index (χ0n) is 30.3. The fraction of sp³-hybridized carbons (Fsp3) is 0.514. The minimum absolute atomic E-state index is 0.00160. The van der Waals surface area contributed by atoms with Crippen LogP contribution < -0.4 is 9.80 Å². The van der Waals surface area contributed by atoms with Crippen molar-refractivity contribution in [2.24, 2.45) is 0 Å². The van der Waals surface area contributed by atoms with Crippen LogP contribution in [0.3, 0.4) is 0 Å². The van der Waals surface area contributed by atoms with E-state index in [1.165, 1.54) is 12.4 Å². The summed E-state index contributed by atoms with van der Waals surface area (Å²) in [6.07, 6.45) is 3.91. The van der Waals surface area contributed by atoms with Crippen LogP contribution in [0.4, 0.5) is 16.6 Å². The molecule has 3 aromatic heterocycles. The summed E-state index contributed by atoms with van der Waals surface area (Å²) in [5, 5.41) is 0.906. The number of ether oxygens (including phenoxy) is 3. The number of fused-ring (bicyclic) bond motifs is 1. The molecule has 274 valence electrons. The first-order valence-electron chi connectivity index (χ1n) is 17.3. The zero-order chi connectivity index (χ0) is 36.4. The molecule has 2 aliphatic heterocycles. The van der Waals surface area contributed by atoms with Gasteiger partial charge in [-0.15, -0.1) is 0 Å². The first-order chi connectivity index (χ1) is 24.2. The predicted octanol–water partition coefficient (Wildman–Crippen LogP) is 4.93. The van der Waals surface area contributed by atoms with Crippen LogP contribution in [0.2, 0.25) is 25.7 Å². The van der Waals surface area contributed by atoms with E-state index in [0.29, 0.717) is 58.7 Å². The molecular weight excluding hydrogens is 689 g/mol. The fourth-order valence-electron chi connectivity index (χ4n) is 5.95. The summed E-state index contributed by atoms with van der Waals surface area (Å²) < 4.78 is 46.6. The molecule has 0 aliphatic carbocycles. The summed E-state index contributed by atoms with van der Waals surface area (Å²) in [5.74, 6) is 1.26. The Morgan fingerprint density at radius 1 is 0.882 bits per heavy atom. The van der Waals surface area contributed by atoms with Gasteiger partial charge >= 0.3 is 6.09 Å². The van der Waals surface area contributed by atoms with Gasteiger partial charge in [-0.2, -0.15) is 0 Å². The Balaban J connectivity index is 1.20. The van der Waals surface area contributed by atoms with Crippen LogP contribution in [0.15, 0.2) is 58.8 Å². The summed E-state index contributed by atoms with van der Waals surface area (Å²) in [5.41, 5.74) is 1.88. The summed E-state index contributed by atoms with van der Waals surface area (Å²) in [4.78, 5) is 36.4. The highest BCUT2D eigenvalue weighted by Crippen LogP contribution is 2.33. The van der Waals surface area contributed by atoms with Gasteiger partial charge in [-0.1, -0.05) is 31.8 Å². The summed E-state index contributed by atoms with van der Waals surface area (Å²) in [6.45, 7) is 18.1. The van der Waals surface area contributed by atoms with Crippen molar-refractivity contribution < 1.29 is 27.4 Å². The highest BCUT2D eigenvalue weighted by Gasteiger charge is 2.28. The van der Waals surface area contributed by atoms with Crippen molar-refractivity contribution in [3.8, 4) is 11.3 Å². The van der Waals surface area contributed by atoms with Crippen molar-refractivity contribution in [3.05, 3.63) is 49.1 Å². The van der Waals surface area contributed by atoms with Gasteiger partial charge in [-0.05, 0) is 50.6 Å². The van der Waals surface area contributed by atoms with Crippen molar-refractivity contribution in [2.45, 2.75) is 68.6 Å². The first kappa shape index (κ1) is 36.7. The van der Waals surface area contributed by atoms with Crippen LogP contribution in [0.1, 0.15) is 20.8 Å². The highest BCUT2D eigenvalue weighted by atomic mass is 32.2. The van der Waals surface area contributed by atoms with Gasteiger partial charge in [0.1, 0.15) is 35.0 Å². The van der Waals surface area contributed by atoms with Crippen molar-refractivity contribution in [1.29, 1.82) is 0 Å². The molecule has 1 amide bonds. The van der Waals surface area contributed by atoms with Gasteiger partial charge in [0.05, 0.1) is 41.6 Å². The molecular formula is C35H48N8O6SSi. The van der Waals surface area contributed by atoms with E-state index in [1.807, 2.05) is 30.2 Å². The normalized spacial score (nSPS) is 16.2. The summed E-state index contributed by atoms with van der Waals surface area (Å²) >= 11 is 0. The Labute approximate surface area is 300 Å². The molecule has 6 rings (SSSR count). The maximum Gasteiger partial charge on any atom is 0.410 e. The van der Waals surface area contributed by atoms with Crippen LogP contribution in [-0.4, -0.2) is 117 Å². The second-order valence-corrected chi connectivity index (χ2v) is 22.6. The van der Waals surface area contributed by atoms with Crippen molar-refractivity contribution in [1.82, 2.24) is 29.4 Å². The molecule has 0 bridgehead atoms. The van der Waals surface area contributed by atoms with E-state index in [2.05, 4.69) is 50.5 Å². The second-order valence-electron chi connectivity index (χ2n) is 15.0. The number of morpholine rings is 1. The number of rotatable bonds is 10. The molecule has 0 radical (unpaired) electrons. The van der Waals surface area contributed by atoms with Gasteiger partial charge < -0.3 is 33.5 Å². The Morgan fingerprint density at radius 2 is 1.55 bits per heavy atom. The molecule has 5 heterocycles. The molecule has 0 N–H and O–H groups in total. The summed E-state index contributed by atoms with van der Waals surface area (Å²) in [6, 6.07) is 9.93. The zero-order valence-corrected chi connectivity index (χ0v) is 32.1. The average Bonchev–Trinajstić information content (AvgIpc) is 3.48. The lowest BCUT2D eigenvalue weighted by Crippen LogP contribution is -2.50. The van der Waals surface area contributed by atoms with Crippen molar-refractivity contribution in [2.75, 3.05) is 68.9 Å². The predicted molar refractivity (Wildman–Crippen MR) is 198 cm³/mol. The quantitative estimate of drug-likeness (QED) is 0.161. The third-order valence-corrected chi connectivity index (χ3v) is 12.2. The third kappa shape index (κ3) is 8.68. The van der Waals surface area contributed by atoms with E-state index < -0.39 is 23.5 Å². The molecule has 0 atom stereocenters. The van der Waals surface area contributed by atoms with E-state index in [1.54, 1.807) is 35.5 Å². The number of hydrogen-bond acceptors (Lipinski definition) is 12. The molecule has 4 aromatic rings. The Hall–Kier alpha value is -4.12. The largest absolute Gasteiger partial charge is 0.444 e. The van der Waals surface area contributed by atoms with Crippen LogP contribution in [-0.2, 0) is 30.8 Å².